The normalized spacial score (nSPS) is 18.5. The molecule has 0 amide bonds. The van der Waals surface area contributed by atoms with E-state index in [1.807, 2.05) is 0 Å². The van der Waals surface area contributed by atoms with E-state index >= 15 is 0 Å². The Bertz CT molecular complexity index is 535. The van der Waals surface area contributed by atoms with Gasteiger partial charge >= 0.3 is 5.97 Å². The number of carboxylic acid groups (broad SMARTS) is 1. The number of nitrogens with zero attached hydrogens (tertiary/aromatic N) is 3. The molecule has 1 saturated heterocycles. The molecule has 0 bridgehead atoms. The Morgan fingerprint density at radius 3 is 2.52 bits per heavy atom. The van der Waals surface area contributed by atoms with E-state index < -0.39 is 17.9 Å². The molecule has 0 saturated carbocycles. The Hall–Kier alpha value is -2.11. The number of carboxylic acids is 1. The highest BCUT2D eigenvalue weighted by molar-refractivity contribution is 5.75. The number of hydrogen-bond donors (Lipinski definition) is 1. The summed E-state index contributed by atoms with van der Waals surface area (Å²) in [6.45, 7) is 1.09. The molecule has 0 spiro atoms. The van der Waals surface area contributed by atoms with Crippen molar-refractivity contribution in [3.05, 3.63) is 46.1 Å². The molecule has 2 unspecified atom stereocenters. The van der Waals surface area contributed by atoms with Crippen molar-refractivity contribution < 1.29 is 19.0 Å². The monoisotopic (exact) mass is 293 g/mol. The topological polar surface area (TPSA) is 95.3 Å². The molecule has 112 valence electrons. The number of halogens is 1. The van der Waals surface area contributed by atoms with Crippen molar-refractivity contribution in [2.75, 3.05) is 13.2 Å². The van der Waals surface area contributed by atoms with E-state index in [0.29, 0.717) is 31.6 Å². The quantitative estimate of drug-likeness (QED) is 0.513. The van der Waals surface area contributed by atoms with E-state index in [4.69, 9.17) is 10.3 Å². The van der Waals surface area contributed by atoms with Crippen LogP contribution in [-0.4, -0.2) is 30.3 Å². The van der Waals surface area contributed by atoms with Crippen molar-refractivity contribution in [3.63, 3.8) is 0 Å². The fraction of sp³-hybridized carbons (Fsp3) is 0.500. The molecule has 7 heteroatoms. The molecular weight excluding hydrogens is 277 g/mol. The average Bonchev–Trinajstić information content (AvgIpc) is 2.49. The van der Waals surface area contributed by atoms with Gasteiger partial charge in [-0.15, -0.1) is 0 Å². The third kappa shape index (κ3) is 3.71. The summed E-state index contributed by atoms with van der Waals surface area (Å²) in [6.07, 6.45) is 1.37. The van der Waals surface area contributed by atoms with Gasteiger partial charge in [0.15, 0.2) is 0 Å². The maximum Gasteiger partial charge on any atom is 0.313 e. The third-order valence-corrected chi connectivity index (χ3v) is 3.80. The lowest BCUT2D eigenvalue weighted by atomic mass is 9.77. The van der Waals surface area contributed by atoms with Gasteiger partial charge in [0.2, 0.25) is 0 Å². The summed E-state index contributed by atoms with van der Waals surface area (Å²) in [5.41, 5.74) is 9.30. The minimum Gasteiger partial charge on any atom is -0.481 e. The zero-order chi connectivity index (χ0) is 15.2. The van der Waals surface area contributed by atoms with Gasteiger partial charge in [0.05, 0.1) is 0 Å². The number of azide groups is 1. The van der Waals surface area contributed by atoms with Crippen molar-refractivity contribution in [3.8, 4) is 0 Å². The molecule has 0 aliphatic carbocycles. The second kappa shape index (κ2) is 7.06. The summed E-state index contributed by atoms with van der Waals surface area (Å²) < 4.78 is 18.4. The Kier molecular flexibility index (Phi) is 5.14. The molecule has 1 heterocycles. The molecule has 1 fully saturated rings. The van der Waals surface area contributed by atoms with Gasteiger partial charge in [-0.05, 0) is 42.0 Å². The van der Waals surface area contributed by atoms with Crippen LogP contribution in [0.2, 0.25) is 0 Å². The Labute approximate surface area is 121 Å². The van der Waals surface area contributed by atoms with E-state index in [2.05, 4.69) is 10.0 Å². The molecule has 1 aliphatic rings. The number of carbonyl (C=O) groups is 1. The first kappa shape index (κ1) is 15.3. The average molecular weight is 293 g/mol. The van der Waals surface area contributed by atoms with Gasteiger partial charge in [-0.2, -0.15) is 0 Å². The van der Waals surface area contributed by atoms with Gasteiger partial charge in [-0.25, -0.2) is 4.39 Å². The molecule has 2 rings (SSSR count). The lowest BCUT2D eigenvalue weighted by Gasteiger charge is -2.32. The first-order valence-corrected chi connectivity index (χ1v) is 6.73. The van der Waals surface area contributed by atoms with Crippen molar-refractivity contribution in [2.45, 2.75) is 24.8 Å². The standard InChI is InChI=1S/C14H16FN3O3/c15-11-3-1-9(2-4-11)12(10-5-7-21-8-6-10)13(14(19)20)17-18-16/h1-4,10,12-13H,5-8H2,(H,19,20). The van der Waals surface area contributed by atoms with Gasteiger partial charge < -0.3 is 9.84 Å². The molecule has 21 heavy (non-hydrogen) atoms. The lowest BCUT2D eigenvalue weighted by Crippen LogP contribution is -2.34. The molecule has 2 atom stereocenters. The van der Waals surface area contributed by atoms with E-state index in [9.17, 15) is 14.3 Å². The molecule has 6 nitrogen and oxygen atoms in total. The molecule has 1 aromatic rings. The van der Waals surface area contributed by atoms with Crippen LogP contribution in [0, 0.1) is 11.7 Å². The Morgan fingerprint density at radius 1 is 1.38 bits per heavy atom. The summed E-state index contributed by atoms with van der Waals surface area (Å²) in [5, 5.41) is 12.8. The van der Waals surface area contributed by atoms with Crippen LogP contribution in [0.4, 0.5) is 4.39 Å². The van der Waals surface area contributed by atoms with E-state index in [1.54, 1.807) is 12.1 Å². The maximum atomic E-state index is 13.1. The van der Waals surface area contributed by atoms with Gasteiger partial charge in [0.25, 0.3) is 0 Å². The number of rotatable bonds is 5. The molecule has 0 aromatic heterocycles. The smallest absolute Gasteiger partial charge is 0.313 e. The highest BCUT2D eigenvalue weighted by Crippen LogP contribution is 2.36. The highest BCUT2D eigenvalue weighted by atomic mass is 19.1. The predicted octanol–water partition coefficient (Wildman–Crippen LogP) is 3.10. The van der Waals surface area contributed by atoms with Gasteiger partial charge in [-0.1, -0.05) is 17.2 Å². The van der Waals surface area contributed by atoms with Crippen molar-refractivity contribution in [2.24, 2.45) is 11.0 Å². The van der Waals surface area contributed by atoms with Crippen LogP contribution >= 0.6 is 0 Å². The number of benzene rings is 1. The molecular formula is C14H16FN3O3. The van der Waals surface area contributed by atoms with Crippen LogP contribution < -0.4 is 0 Å². The summed E-state index contributed by atoms with van der Waals surface area (Å²) in [4.78, 5) is 14.1. The summed E-state index contributed by atoms with van der Waals surface area (Å²) in [7, 11) is 0. The summed E-state index contributed by atoms with van der Waals surface area (Å²) in [6, 6.07) is 4.48. The number of ether oxygens (including phenoxy) is 1. The molecule has 1 aliphatic heterocycles. The number of aliphatic carboxylic acids is 1. The third-order valence-electron chi connectivity index (χ3n) is 3.80. The van der Waals surface area contributed by atoms with Crippen LogP contribution in [0.5, 0.6) is 0 Å². The fourth-order valence-electron chi connectivity index (χ4n) is 2.80. The van der Waals surface area contributed by atoms with Crippen LogP contribution in [0.15, 0.2) is 29.4 Å². The second-order valence-electron chi connectivity index (χ2n) is 5.02. The Morgan fingerprint density at radius 2 is 2.00 bits per heavy atom. The zero-order valence-corrected chi connectivity index (χ0v) is 11.4. The SMILES string of the molecule is [N-]=[N+]=NC(C(=O)O)C(c1ccc(F)cc1)C1CCOCC1. The van der Waals surface area contributed by atoms with E-state index in [1.165, 1.54) is 12.1 Å². The largest absolute Gasteiger partial charge is 0.481 e. The summed E-state index contributed by atoms with van der Waals surface area (Å²) >= 11 is 0. The van der Waals surface area contributed by atoms with Crippen LogP contribution in [0.1, 0.15) is 24.3 Å². The van der Waals surface area contributed by atoms with Gasteiger partial charge in [-0.3, -0.25) is 4.79 Å². The minimum atomic E-state index is -1.21. The number of hydrogen-bond acceptors (Lipinski definition) is 3. The van der Waals surface area contributed by atoms with Gasteiger partial charge in [0.1, 0.15) is 11.9 Å². The molecule has 0 radical (unpaired) electrons. The maximum absolute atomic E-state index is 13.1. The van der Waals surface area contributed by atoms with Crippen molar-refractivity contribution >= 4 is 5.97 Å². The predicted molar refractivity (Wildman–Crippen MR) is 73.3 cm³/mol. The molecule has 1 aromatic carbocycles. The van der Waals surface area contributed by atoms with Gasteiger partial charge in [0, 0.05) is 24.0 Å². The first-order valence-electron chi connectivity index (χ1n) is 6.73. The minimum absolute atomic E-state index is 0.0239. The lowest BCUT2D eigenvalue weighted by molar-refractivity contribution is -0.139. The Balaban J connectivity index is 2.38. The van der Waals surface area contributed by atoms with Crippen LogP contribution in [0.3, 0.4) is 0 Å². The van der Waals surface area contributed by atoms with E-state index in [-0.39, 0.29) is 11.7 Å². The fourth-order valence-corrected chi connectivity index (χ4v) is 2.80. The van der Waals surface area contributed by atoms with Crippen molar-refractivity contribution in [1.29, 1.82) is 0 Å². The van der Waals surface area contributed by atoms with E-state index in [0.717, 1.165) is 0 Å². The summed E-state index contributed by atoms with van der Waals surface area (Å²) in [5.74, 6) is -2.02. The second-order valence-corrected chi connectivity index (χ2v) is 5.02. The van der Waals surface area contributed by atoms with Crippen LogP contribution in [0.25, 0.3) is 10.4 Å². The zero-order valence-electron chi connectivity index (χ0n) is 11.4. The first-order chi connectivity index (χ1) is 10.1. The molecule has 1 N–H and O–H groups in total. The van der Waals surface area contributed by atoms with Crippen molar-refractivity contribution in [1.82, 2.24) is 0 Å². The van der Waals surface area contributed by atoms with Crippen LogP contribution in [-0.2, 0) is 9.53 Å². The highest BCUT2D eigenvalue weighted by Gasteiger charge is 2.35.